The third-order valence-electron chi connectivity index (χ3n) is 7.38. The highest BCUT2D eigenvalue weighted by molar-refractivity contribution is 5.77. The highest BCUT2D eigenvalue weighted by Gasteiger charge is 2.21. The van der Waals surface area contributed by atoms with Gasteiger partial charge in [0.1, 0.15) is 0 Å². The molecule has 0 amide bonds. The number of benzene rings is 2. The van der Waals surface area contributed by atoms with Crippen LogP contribution in [0.25, 0.3) is 28.9 Å². The second-order valence-corrected chi connectivity index (χ2v) is 10.5. The molecule has 0 radical (unpaired) electrons. The van der Waals surface area contributed by atoms with Crippen molar-refractivity contribution in [3.63, 3.8) is 0 Å². The fourth-order valence-electron chi connectivity index (χ4n) is 5.07. The normalized spacial score (nSPS) is 13.6. The van der Waals surface area contributed by atoms with Crippen LogP contribution in [0.5, 0.6) is 0 Å². The fourth-order valence-corrected chi connectivity index (χ4v) is 5.07. The number of anilines is 1. The van der Waals surface area contributed by atoms with E-state index in [2.05, 4.69) is 63.8 Å². The molecule has 41 heavy (non-hydrogen) atoms. The summed E-state index contributed by atoms with van der Waals surface area (Å²) < 4.78 is 27.5. The minimum Gasteiger partial charge on any atom is -0.368 e. The molecule has 8 heteroatoms. The van der Waals surface area contributed by atoms with E-state index < -0.39 is 6.43 Å². The Kier molecular flexibility index (Phi) is 9.32. The molecule has 0 saturated carbocycles. The van der Waals surface area contributed by atoms with Gasteiger partial charge in [0.2, 0.25) is 6.43 Å². The fraction of sp³-hybridized carbons (Fsp3) is 0.303. The Labute approximate surface area is 242 Å². The first-order valence-corrected chi connectivity index (χ1v) is 13.8. The molecule has 0 bridgehead atoms. The molecule has 1 fully saturated rings. The van der Waals surface area contributed by atoms with Crippen LogP contribution in [-0.4, -0.2) is 71.0 Å². The van der Waals surface area contributed by atoms with Gasteiger partial charge in [0, 0.05) is 75.4 Å². The van der Waals surface area contributed by atoms with Crippen LogP contribution in [-0.2, 0) is 6.42 Å². The van der Waals surface area contributed by atoms with Gasteiger partial charge in [0.15, 0.2) is 5.82 Å². The molecular formula is C33H40F2N6. The number of halogens is 2. The standard InChI is InChI=1S/C33H40F2N6/c1-8-15-41-31(28-11-9-27(10-12-28)21-32(34)35)22-36-33(41)24(3)37-29-13-14-30(23(2)20-29)25(4)39-16-18-40(19-17-39)26(5)38(6)7/h8-15,20,22,32,37H,3-5,16-19,21H2,1-2,6-7H3/b15-8-. The molecule has 2 heterocycles. The first-order chi connectivity index (χ1) is 19.6. The van der Waals surface area contributed by atoms with Gasteiger partial charge in [0.25, 0.3) is 0 Å². The van der Waals surface area contributed by atoms with Crippen molar-refractivity contribution in [1.82, 2.24) is 24.3 Å². The Morgan fingerprint density at radius 1 is 1.02 bits per heavy atom. The summed E-state index contributed by atoms with van der Waals surface area (Å²) in [5, 5.41) is 3.41. The Morgan fingerprint density at radius 3 is 2.27 bits per heavy atom. The SMILES string of the molecule is C=C(Nc1ccc(C(=C)N2CCN(C(=C)N(C)C)CC2)c(C)c1)c1ncc(-c2ccc(CC(F)F)cc2)n1/C=C\C. The van der Waals surface area contributed by atoms with Gasteiger partial charge >= 0.3 is 0 Å². The van der Waals surface area contributed by atoms with Gasteiger partial charge in [-0.2, -0.15) is 0 Å². The predicted octanol–water partition coefficient (Wildman–Crippen LogP) is 6.86. The molecule has 1 aliphatic heterocycles. The lowest BCUT2D eigenvalue weighted by Crippen LogP contribution is -2.46. The number of alkyl halides is 2. The van der Waals surface area contributed by atoms with Crippen LogP contribution in [0, 0.1) is 6.92 Å². The first-order valence-electron chi connectivity index (χ1n) is 13.8. The van der Waals surface area contributed by atoms with Gasteiger partial charge in [-0.3, -0.25) is 4.57 Å². The molecule has 0 spiro atoms. The van der Waals surface area contributed by atoms with Crippen molar-refractivity contribution in [2.24, 2.45) is 0 Å². The van der Waals surface area contributed by atoms with Crippen LogP contribution >= 0.6 is 0 Å². The zero-order valence-electron chi connectivity index (χ0n) is 24.5. The summed E-state index contributed by atoms with van der Waals surface area (Å²) in [5.41, 5.74) is 7.15. The first kappa shape index (κ1) is 29.6. The van der Waals surface area contributed by atoms with Crippen LogP contribution in [0.2, 0.25) is 0 Å². The summed E-state index contributed by atoms with van der Waals surface area (Å²) in [7, 11) is 4.04. The van der Waals surface area contributed by atoms with E-state index in [4.69, 9.17) is 0 Å². The lowest BCUT2D eigenvalue weighted by atomic mass is 10.0. The van der Waals surface area contributed by atoms with Crippen LogP contribution < -0.4 is 5.32 Å². The summed E-state index contributed by atoms with van der Waals surface area (Å²) in [6.45, 7) is 20.5. The maximum atomic E-state index is 12.8. The number of rotatable bonds is 11. The zero-order valence-corrected chi connectivity index (χ0v) is 24.5. The number of allylic oxidation sites excluding steroid dienone is 1. The Morgan fingerprint density at radius 2 is 1.68 bits per heavy atom. The smallest absolute Gasteiger partial charge is 0.242 e. The molecule has 3 aromatic rings. The molecule has 1 N–H and O–H groups in total. The largest absolute Gasteiger partial charge is 0.368 e. The number of nitrogens with zero attached hydrogens (tertiary/aromatic N) is 5. The van der Waals surface area contributed by atoms with Crippen LogP contribution in [0.4, 0.5) is 14.5 Å². The predicted molar refractivity (Wildman–Crippen MR) is 167 cm³/mol. The minimum atomic E-state index is -2.36. The monoisotopic (exact) mass is 558 g/mol. The lowest BCUT2D eigenvalue weighted by molar-refractivity contribution is 0.149. The quantitative estimate of drug-likeness (QED) is 0.278. The average molecular weight is 559 g/mol. The molecule has 6 nitrogen and oxygen atoms in total. The zero-order chi connectivity index (χ0) is 29.7. The van der Waals surface area contributed by atoms with Gasteiger partial charge < -0.3 is 20.0 Å². The lowest BCUT2D eigenvalue weighted by Gasteiger charge is -2.40. The molecular weight excluding hydrogens is 518 g/mol. The van der Waals surface area contributed by atoms with Crippen molar-refractivity contribution in [3.05, 3.63) is 103 Å². The second kappa shape index (κ2) is 12.9. The van der Waals surface area contributed by atoms with E-state index in [-0.39, 0.29) is 6.42 Å². The number of piperazine rings is 1. The molecule has 4 rings (SSSR count). The van der Waals surface area contributed by atoms with E-state index in [1.807, 2.05) is 56.1 Å². The number of aryl methyl sites for hydroxylation is 1. The van der Waals surface area contributed by atoms with Gasteiger partial charge in [0.05, 0.1) is 23.4 Å². The van der Waals surface area contributed by atoms with Crippen molar-refractivity contribution >= 4 is 23.3 Å². The number of imidazole rings is 1. The van der Waals surface area contributed by atoms with E-state index in [0.717, 1.165) is 65.8 Å². The Hall–Kier alpha value is -4.33. The Balaban J connectivity index is 1.46. The van der Waals surface area contributed by atoms with E-state index in [1.54, 1.807) is 18.3 Å². The maximum absolute atomic E-state index is 12.8. The van der Waals surface area contributed by atoms with E-state index in [1.165, 1.54) is 0 Å². The van der Waals surface area contributed by atoms with Gasteiger partial charge in [-0.15, -0.1) is 0 Å². The molecule has 0 unspecified atom stereocenters. The van der Waals surface area contributed by atoms with Crippen LogP contribution in [0.15, 0.2) is 80.3 Å². The van der Waals surface area contributed by atoms with Gasteiger partial charge in [-0.25, -0.2) is 13.8 Å². The highest BCUT2D eigenvalue weighted by atomic mass is 19.3. The number of aromatic nitrogens is 2. The van der Waals surface area contributed by atoms with Crippen LogP contribution in [0.1, 0.15) is 29.4 Å². The van der Waals surface area contributed by atoms with Crippen molar-refractivity contribution < 1.29 is 8.78 Å². The average Bonchev–Trinajstić information content (AvgIpc) is 3.36. The Bertz CT molecular complexity index is 1430. The van der Waals surface area contributed by atoms with Crippen molar-refractivity contribution in [3.8, 4) is 11.3 Å². The van der Waals surface area contributed by atoms with E-state index in [9.17, 15) is 8.78 Å². The second-order valence-electron chi connectivity index (χ2n) is 10.5. The highest BCUT2D eigenvalue weighted by Crippen LogP contribution is 2.29. The summed E-state index contributed by atoms with van der Waals surface area (Å²) >= 11 is 0. The topological polar surface area (TPSA) is 39.6 Å². The summed E-state index contributed by atoms with van der Waals surface area (Å²) in [4.78, 5) is 11.3. The number of nitrogens with one attached hydrogen (secondary N) is 1. The third kappa shape index (κ3) is 6.88. The number of hydrogen-bond acceptors (Lipinski definition) is 5. The van der Waals surface area contributed by atoms with E-state index in [0.29, 0.717) is 17.1 Å². The third-order valence-corrected chi connectivity index (χ3v) is 7.38. The molecule has 2 aromatic carbocycles. The molecule has 1 saturated heterocycles. The van der Waals surface area contributed by atoms with Crippen LogP contribution in [0.3, 0.4) is 0 Å². The van der Waals surface area contributed by atoms with Crippen molar-refractivity contribution in [2.45, 2.75) is 26.7 Å². The molecule has 216 valence electrons. The molecule has 0 aliphatic carbocycles. The van der Waals surface area contributed by atoms with Gasteiger partial charge in [-0.1, -0.05) is 56.1 Å². The van der Waals surface area contributed by atoms with Crippen molar-refractivity contribution in [2.75, 3.05) is 45.6 Å². The van der Waals surface area contributed by atoms with E-state index >= 15 is 0 Å². The van der Waals surface area contributed by atoms with Gasteiger partial charge in [-0.05, 0) is 37.1 Å². The van der Waals surface area contributed by atoms with Crippen molar-refractivity contribution in [1.29, 1.82) is 0 Å². The summed E-state index contributed by atoms with van der Waals surface area (Å²) in [6.07, 6.45) is 3.00. The summed E-state index contributed by atoms with van der Waals surface area (Å²) in [5.74, 6) is 1.70. The number of hydrogen-bond donors (Lipinski definition) is 1. The minimum absolute atomic E-state index is 0.254. The summed E-state index contributed by atoms with van der Waals surface area (Å²) in [6, 6.07) is 13.4. The maximum Gasteiger partial charge on any atom is 0.242 e. The molecule has 1 aliphatic rings. The molecule has 0 atom stereocenters. The molecule has 1 aromatic heterocycles.